The summed E-state index contributed by atoms with van der Waals surface area (Å²) < 4.78 is 0. The molecule has 0 unspecified atom stereocenters. The summed E-state index contributed by atoms with van der Waals surface area (Å²) in [6.45, 7) is 0. The molecule has 0 aliphatic heterocycles. The molecule has 0 bridgehead atoms. The number of phenolic OH excluding ortho intramolecular Hbond substituents is 1. The Balaban J connectivity index is 2.76. The second kappa shape index (κ2) is 2.92. The molecular formula is C9H6ClNO3. The lowest BCUT2D eigenvalue weighted by atomic mass is 10.2. The van der Waals surface area contributed by atoms with Crippen LogP contribution < -0.4 is 0 Å². The van der Waals surface area contributed by atoms with Gasteiger partial charge >= 0.3 is 5.97 Å². The molecule has 2 rings (SSSR count). The Hall–Kier alpha value is -1.68. The van der Waals surface area contributed by atoms with Gasteiger partial charge in [-0.2, -0.15) is 0 Å². The molecule has 1 heterocycles. The second-order valence-electron chi connectivity index (χ2n) is 2.88. The van der Waals surface area contributed by atoms with Crippen molar-refractivity contribution >= 4 is 28.5 Å². The second-order valence-corrected chi connectivity index (χ2v) is 3.31. The maximum absolute atomic E-state index is 10.6. The number of aromatic carboxylic acids is 1. The van der Waals surface area contributed by atoms with E-state index in [-0.39, 0.29) is 11.4 Å². The molecule has 0 aliphatic carbocycles. The third-order valence-electron chi connectivity index (χ3n) is 1.90. The van der Waals surface area contributed by atoms with Crippen molar-refractivity contribution in [3.05, 3.63) is 28.9 Å². The third-order valence-corrected chi connectivity index (χ3v) is 2.12. The number of nitrogens with one attached hydrogen (secondary N) is 1. The lowest BCUT2D eigenvalue weighted by Crippen LogP contribution is -1.94. The number of benzene rings is 1. The monoisotopic (exact) mass is 211 g/mol. The first kappa shape index (κ1) is 8.90. The van der Waals surface area contributed by atoms with Gasteiger partial charge in [0.25, 0.3) is 0 Å². The smallest absolute Gasteiger partial charge is 0.352 e. The van der Waals surface area contributed by atoms with E-state index in [2.05, 4.69) is 4.98 Å². The van der Waals surface area contributed by atoms with Gasteiger partial charge in [-0.15, -0.1) is 0 Å². The Kier molecular flexibility index (Phi) is 1.86. The van der Waals surface area contributed by atoms with Crippen LogP contribution in [-0.4, -0.2) is 21.2 Å². The van der Waals surface area contributed by atoms with Crippen LogP contribution >= 0.6 is 11.6 Å². The number of hydrogen-bond acceptors (Lipinski definition) is 2. The Morgan fingerprint density at radius 1 is 1.36 bits per heavy atom. The molecule has 1 aromatic carbocycles. The molecule has 5 heteroatoms. The maximum atomic E-state index is 10.6. The van der Waals surface area contributed by atoms with Gasteiger partial charge in [0.15, 0.2) is 0 Å². The highest BCUT2D eigenvalue weighted by atomic mass is 35.5. The number of fused-ring (bicyclic) bond motifs is 1. The van der Waals surface area contributed by atoms with Crippen LogP contribution in [0.5, 0.6) is 5.75 Å². The standard InChI is InChI=1S/C9H6ClNO3/c10-5-1-4-2-6(9(13)14)11-8(4)7(12)3-5/h1-3,11-12H,(H,13,14). The van der Waals surface area contributed by atoms with E-state index < -0.39 is 5.97 Å². The highest BCUT2D eigenvalue weighted by Crippen LogP contribution is 2.28. The van der Waals surface area contributed by atoms with E-state index >= 15 is 0 Å². The van der Waals surface area contributed by atoms with Crippen molar-refractivity contribution in [2.45, 2.75) is 0 Å². The van der Waals surface area contributed by atoms with Crippen LogP contribution in [0.3, 0.4) is 0 Å². The first-order chi connectivity index (χ1) is 6.58. The van der Waals surface area contributed by atoms with Crippen molar-refractivity contribution < 1.29 is 15.0 Å². The molecule has 0 amide bonds. The fourth-order valence-corrected chi connectivity index (χ4v) is 1.53. The molecule has 0 fully saturated rings. The molecule has 0 spiro atoms. The lowest BCUT2D eigenvalue weighted by Gasteiger charge is -1.95. The first-order valence-electron chi connectivity index (χ1n) is 3.82. The first-order valence-corrected chi connectivity index (χ1v) is 4.20. The van der Waals surface area contributed by atoms with Crippen molar-refractivity contribution in [1.82, 2.24) is 4.98 Å². The van der Waals surface area contributed by atoms with E-state index in [4.69, 9.17) is 16.7 Å². The van der Waals surface area contributed by atoms with Gasteiger partial charge in [-0.1, -0.05) is 11.6 Å². The molecule has 14 heavy (non-hydrogen) atoms. The number of phenols is 1. The Morgan fingerprint density at radius 2 is 2.07 bits per heavy atom. The zero-order valence-corrected chi connectivity index (χ0v) is 7.67. The molecule has 0 radical (unpaired) electrons. The minimum Gasteiger partial charge on any atom is -0.506 e. The third kappa shape index (κ3) is 1.29. The van der Waals surface area contributed by atoms with Gasteiger partial charge < -0.3 is 15.2 Å². The van der Waals surface area contributed by atoms with Gasteiger partial charge in [0.05, 0.1) is 5.52 Å². The fourth-order valence-electron chi connectivity index (χ4n) is 1.30. The molecular weight excluding hydrogens is 206 g/mol. The predicted molar refractivity (Wildman–Crippen MR) is 51.9 cm³/mol. The van der Waals surface area contributed by atoms with Crippen LogP contribution in [0.15, 0.2) is 18.2 Å². The van der Waals surface area contributed by atoms with Gasteiger partial charge in [-0.3, -0.25) is 0 Å². The summed E-state index contributed by atoms with van der Waals surface area (Å²) in [7, 11) is 0. The zero-order valence-electron chi connectivity index (χ0n) is 6.91. The van der Waals surface area contributed by atoms with Gasteiger partial charge in [0, 0.05) is 16.5 Å². The van der Waals surface area contributed by atoms with Crippen LogP contribution in [-0.2, 0) is 0 Å². The quantitative estimate of drug-likeness (QED) is 0.677. The number of hydrogen-bond donors (Lipinski definition) is 3. The van der Waals surface area contributed by atoms with Crippen LogP contribution in [0.1, 0.15) is 10.5 Å². The number of carboxylic acid groups (broad SMARTS) is 1. The summed E-state index contributed by atoms with van der Waals surface area (Å²) in [5.41, 5.74) is 0.407. The van der Waals surface area contributed by atoms with Crippen molar-refractivity contribution in [3.63, 3.8) is 0 Å². The molecule has 72 valence electrons. The maximum Gasteiger partial charge on any atom is 0.352 e. The number of rotatable bonds is 1. The lowest BCUT2D eigenvalue weighted by molar-refractivity contribution is 0.0691. The Bertz CT molecular complexity index is 518. The average Bonchev–Trinajstić information content (AvgIpc) is 2.47. The van der Waals surface area contributed by atoms with Crippen molar-refractivity contribution in [3.8, 4) is 5.75 Å². The average molecular weight is 212 g/mol. The van der Waals surface area contributed by atoms with E-state index in [1.54, 1.807) is 6.07 Å². The summed E-state index contributed by atoms with van der Waals surface area (Å²) in [4.78, 5) is 13.2. The molecule has 3 N–H and O–H groups in total. The molecule has 0 saturated carbocycles. The van der Waals surface area contributed by atoms with Crippen molar-refractivity contribution in [1.29, 1.82) is 0 Å². The Labute approximate surface area is 83.7 Å². The number of H-pyrrole nitrogens is 1. The number of carboxylic acids is 1. The molecule has 0 atom stereocenters. The number of aromatic nitrogens is 1. The molecule has 4 nitrogen and oxygen atoms in total. The minimum atomic E-state index is -1.07. The molecule has 2 aromatic rings. The van der Waals surface area contributed by atoms with Gasteiger partial charge in [-0.25, -0.2) is 4.79 Å². The number of carbonyl (C=O) groups is 1. The fraction of sp³-hybridized carbons (Fsp3) is 0. The highest BCUT2D eigenvalue weighted by molar-refractivity contribution is 6.31. The zero-order chi connectivity index (χ0) is 10.3. The normalized spacial score (nSPS) is 10.6. The molecule has 1 aromatic heterocycles. The summed E-state index contributed by atoms with van der Waals surface area (Å²) in [6, 6.07) is 4.36. The van der Waals surface area contributed by atoms with Crippen LogP contribution in [0.4, 0.5) is 0 Å². The molecule has 0 aliphatic rings. The van der Waals surface area contributed by atoms with E-state index in [0.717, 1.165) is 0 Å². The summed E-state index contributed by atoms with van der Waals surface area (Å²) in [5.74, 6) is -1.13. The van der Waals surface area contributed by atoms with E-state index in [9.17, 15) is 9.90 Å². The summed E-state index contributed by atoms with van der Waals surface area (Å²) in [5, 5.41) is 19.1. The van der Waals surface area contributed by atoms with Gasteiger partial charge in [0.2, 0.25) is 0 Å². The van der Waals surface area contributed by atoms with Crippen LogP contribution in [0.2, 0.25) is 5.02 Å². The number of aromatic amines is 1. The number of halogens is 1. The van der Waals surface area contributed by atoms with E-state index in [0.29, 0.717) is 15.9 Å². The van der Waals surface area contributed by atoms with Crippen molar-refractivity contribution in [2.75, 3.05) is 0 Å². The minimum absolute atomic E-state index is 0.0255. The van der Waals surface area contributed by atoms with Crippen LogP contribution in [0, 0.1) is 0 Å². The van der Waals surface area contributed by atoms with Gasteiger partial charge in [0.1, 0.15) is 11.4 Å². The highest BCUT2D eigenvalue weighted by Gasteiger charge is 2.10. The van der Waals surface area contributed by atoms with Crippen molar-refractivity contribution in [2.24, 2.45) is 0 Å². The van der Waals surface area contributed by atoms with E-state index in [1.165, 1.54) is 12.1 Å². The SMILES string of the molecule is O=C(O)c1cc2cc(Cl)cc(O)c2[nH]1. The van der Waals surface area contributed by atoms with Crippen LogP contribution in [0.25, 0.3) is 10.9 Å². The van der Waals surface area contributed by atoms with Gasteiger partial charge in [-0.05, 0) is 12.1 Å². The summed E-state index contributed by atoms with van der Waals surface area (Å²) >= 11 is 5.69. The predicted octanol–water partition coefficient (Wildman–Crippen LogP) is 2.23. The number of aromatic hydroxyl groups is 1. The largest absolute Gasteiger partial charge is 0.506 e. The topological polar surface area (TPSA) is 73.3 Å². The summed E-state index contributed by atoms with van der Waals surface area (Å²) in [6.07, 6.45) is 0. The molecule has 0 saturated heterocycles. The Morgan fingerprint density at radius 3 is 2.71 bits per heavy atom. The van der Waals surface area contributed by atoms with E-state index in [1.807, 2.05) is 0 Å².